The molecule has 1 aliphatic heterocycles. The number of carbonyl (C=O) groups excluding carboxylic acids is 2. The van der Waals surface area contributed by atoms with E-state index in [1.165, 1.54) is 11.1 Å². The number of nitrogens with zero attached hydrogens (tertiary/aromatic N) is 1. The van der Waals surface area contributed by atoms with Gasteiger partial charge in [-0.15, -0.1) is 0 Å². The predicted molar refractivity (Wildman–Crippen MR) is 82.6 cm³/mol. The van der Waals surface area contributed by atoms with Gasteiger partial charge in [0.15, 0.2) is 0 Å². The van der Waals surface area contributed by atoms with Crippen LogP contribution in [0.2, 0.25) is 0 Å². The van der Waals surface area contributed by atoms with Crippen LogP contribution in [0.5, 0.6) is 0 Å². The first-order valence-corrected chi connectivity index (χ1v) is 7.67. The summed E-state index contributed by atoms with van der Waals surface area (Å²) in [6, 6.07) is 7.81. The van der Waals surface area contributed by atoms with Crippen molar-refractivity contribution in [1.29, 1.82) is 0 Å². The molecular weight excluding hydrogens is 264 g/mol. The fourth-order valence-corrected chi connectivity index (χ4v) is 2.67. The SMILES string of the molecule is CCC(=O)N[C@@H](C(=O)N1CCc2ccccc2C1)C(C)C. The van der Waals surface area contributed by atoms with Gasteiger partial charge in [0, 0.05) is 19.5 Å². The highest BCUT2D eigenvalue weighted by Crippen LogP contribution is 2.20. The second-order valence-corrected chi connectivity index (χ2v) is 5.92. The van der Waals surface area contributed by atoms with Crippen molar-refractivity contribution in [1.82, 2.24) is 10.2 Å². The van der Waals surface area contributed by atoms with Gasteiger partial charge in [-0.25, -0.2) is 0 Å². The second kappa shape index (κ2) is 6.74. The highest BCUT2D eigenvalue weighted by atomic mass is 16.2. The quantitative estimate of drug-likeness (QED) is 0.922. The Kier molecular flexibility index (Phi) is 4.99. The monoisotopic (exact) mass is 288 g/mol. The molecule has 4 heteroatoms. The van der Waals surface area contributed by atoms with Crippen LogP contribution in [0.1, 0.15) is 38.3 Å². The zero-order valence-corrected chi connectivity index (χ0v) is 13.1. The van der Waals surface area contributed by atoms with E-state index >= 15 is 0 Å². The minimum atomic E-state index is -0.428. The molecular formula is C17H24N2O2. The van der Waals surface area contributed by atoms with E-state index in [1.807, 2.05) is 30.9 Å². The number of fused-ring (bicyclic) bond motifs is 1. The number of nitrogens with one attached hydrogen (secondary N) is 1. The van der Waals surface area contributed by atoms with Gasteiger partial charge >= 0.3 is 0 Å². The molecule has 0 bridgehead atoms. The summed E-state index contributed by atoms with van der Waals surface area (Å²) in [4.78, 5) is 26.2. The zero-order valence-electron chi connectivity index (χ0n) is 13.1. The Morgan fingerprint density at radius 3 is 2.52 bits per heavy atom. The molecule has 1 atom stereocenters. The summed E-state index contributed by atoms with van der Waals surface area (Å²) >= 11 is 0. The maximum atomic E-state index is 12.7. The first-order chi connectivity index (χ1) is 10.0. The Morgan fingerprint density at radius 2 is 1.90 bits per heavy atom. The van der Waals surface area contributed by atoms with Gasteiger partial charge in [-0.2, -0.15) is 0 Å². The highest BCUT2D eigenvalue weighted by Gasteiger charge is 2.30. The lowest BCUT2D eigenvalue weighted by atomic mass is 9.97. The molecule has 4 nitrogen and oxygen atoms in total. The van der Waals surface area contributed by atoms with Crippen LogP contribution in [-0.4, -0.2) is 29.3 Å². The minimum Gasteiger partial charge on any atom is -0.344 e. The summed E-state index contributed by atoms with van der Waals surface area (Å²) in [7, 11) is 0. The van der Waals surface area contributed by atoms with Crippen molar-refractivity contribution < 1.29 is 9.59 Å². The molecule has 0 aromatic heterocycles. The highest BCUT2D eigenvalue weighted by molar-refractivity contribution is 5.88. The van der Waals surface area contributed by atoms with Crippen LogP contribution >= 0.6 is 0 Å². The summed E-state index contributed by atoms with van der Waals surface area (Å²) in [6.45, 7) is 7.10. The Labute approximate surface area is 126 Å². The summed E-state index contributed by atoms with van der Waals surface area (Å²) < 4.78 is 0. The van der Waals surface area contributed by atoms with E-state index in [1.54, 1.807) is 6.92 Å². The molecule has 2 amide bonds. The van der Waals surface area contributed by atoms with Gasteiger partial charge in [0.1, 0.15) is 6.04 Å². The number of amides is 2. The maximum Gasteiger partial charge on any atom is 0.245 e. The third kappa shape index (κ3) is 3.63. The second-order valence-electron chi connectivity index (χ2n) is 5.92. The maximum absolute atomic E-state index is 12.7. The molecule has 0 unspecified atom stereocenters. The first-order valence-electron chi connectivity index (χ1n) is 7.67. The summed E-state index contributed by atoms with van der Waals surface area (Å²) in [5.74, 6) is 0.0472. The lowest BCUT2D eigenvalue weighted by Crippen LogP contribution is -2.52. The molecule has 1 aliphatic rings. The smallest absolute Gasteiger partial charge is 0.245 e. The summed E-state index contributed by atoms with van der Waals surface area (Å²) in [6.07, 6.45) is 1.29. The Balaban J connectivity index is 2.10. The van der Waals surface area contributed by atoms with Crippen LogP contribution in [0.4, 0.5) is 0 Å². The van der Waals surface area contributed by atoms with Crippen molar-refractivity contribution in [2.45, 2.75) is 46.2 Å². The van der Waals surface area contributed by atoms with E-state index in [0.29, 0.717) is 13.0 Å². The van der Waals surface area contributed by atoms with Crippen molar-refractivity contribution in [3.8, 4) is 0 Å². The van der Waals surface area contributed by atoms with Gasteiger partial charge in [0.05, 0.1) is 0 Å². The van der Waals surface area contributed by atoms with Gasteiger partial charge < -0.3 is 10.2 Å². The molecule has 0 saturated carbocycles. The number of rotatable bonds is 4. The molecule has 1 aromatic rings. The molecule has 1 N–H and O–H groups in total. The van der Waals surface area contributed by atoms with Gasteiger partial charge in [-0.1, -0.05) is 45.0 Å². The number of carbonyl (C=O) groups is 2. The molecule has 114 valence electrons. The Bertz CT molecular complexity index is 525. The van der Waals surface area contributed by atoms with E-state index < -0.39 is 6.04 Å². The fraction of sp³-hybridized carbons (Fsp3) is 0.529. The molecule has 0 aliphatic carbocycles. The third-order valence-electron chi connectivity index (χ3n) is 4.01. The largest absolute Gasteiger partial charge is 0.344 e. The third-order valence-corrected chi connectivity index (χ3v) is 4.01. The molecule has 2 rings (SSSR count). The zero-order chi connectivity index (χ0) is 15.4. The molecule has 0 spiro atoms. The minimum absolute atomic E-state index is 0.0290. The normalized spacial score (nSPS) is 15.5. The van der Waals surface area contributed by atoms with Crippen molar-refractivity contribution in [3.63, 3.8) is 0 Å². The first kappa shape index (κ1) is 15.5. The van der Waals surface area contributed by atoms with Gasteiger partial charge in [0.25, 0.3) is 0 Å². The van der Waals surface area contributed by atoms with Crippen LogP contribution in [-0.2, 0) is 22.6 Å². The summed E-state index contributed by atoms with van der Waals surface area (Å²) in [5, 5.41) is 2.86. The van der Waals surface area contributed by atoms with Crippen LogP contribution in [0.3, 0.4) is 0 Å². The van der Waals surface area contributed by atoms with Gasteiger partial charge in [-0.05, 0) is 23.5 Å². The molecule has 0 saturated heterocycles. The average molecular weight is 288 g/mol. The topological polar surface area (TPSA) is 49.4 Å². The molecule has 21 heavy (non-hydrogen) atoms. The standard InChI is InChI=1S/C17H24N2O2/c1-4-15(20)18-16(12(2)3)17(21)19-10-9-13-7-5-6-8-14(13)11-19/h5-8,12,16H,4,9-11H2,1-3H3,(H,18,20)/t16-/m1/s1. The van der Waals surface area contributed by atoms with Crippen LogP contribution in [0.15, 0.2) is 24.3 Å². The number of benzene rings is 1. The lowest BCUT2D eigenvalue weighted by molar-refractivity contribution is -0.138. The van der Waals surface area contributed by atoms with Crippen molar-refractivity contribution >= 4 is 11.8 Å². The predicted octanol–water partition coefficient (Wildman–Crippen LogP) is 2.12. The van der Waals surface area contributed by atoms with Crippen LogP contribution in [0.25, 0.3) is 0 Å². The van der Waals surface area contributed by atoms with Crippen molar-refractivity contribution in [2.24, 2.45) is 5.92 Å². The van der Waals surface area contributed by atoms with E-state index in [0.717, 1.165) is 13.0 Å². The fourth-order valence-electron chi connectivity index (χ4n) is 2.67. The molecule has 1 heterocycles. The van der Waals surface area contributed by atoms with E-state index in [4.69, 9.17) is 0 Å². The Morgan fingerprint density at radius 1 is 1.24 bits per heavy atom. The average Bonchev–Trinajstić information content (AvgIpc) is 2.50. The van der Waals surface area contributed by atoms with Crippen LogP contribution < -0.4 is 5.32 Å². The summed E-state index contributed by atoms with van der Waals surface area (Å²) in [5.41, 5.74) is 2.53. The van der Waals surface area contributed by atoms with E-state index in [-0.39, 0.29) is 17.7 Å². The Hall–Kier alpha value is -1.84. The lowest BCUT2D eigenvalue weighted by Gasteiger charge is -2.33. The van der Waals surface area contributed by atoms with Crippen molar-refractivity contribution in [2.75, 3.05) is 6.54 Å². The van der Waals surface area contributed by atoms with Gasteiger partial charge in [0.2, 0.25) is 11.8 Å². The molecule has 1 aromatic carbocycles. The molecule has 0 radical (unpaired) electrons. The van der Waals surface area contributed by atoms with Crippen LogP contribution in [0, 0.1) is 5.92 Å². The van der Waals surface area contributed by atoms with E-state index in [9.17, 15) is 9.59 Å². The number of hydrogen-bond acceptors (Lipinski definition) is 2. The number of hydrogen-bond donors (Lipinski definition) is 1. The molecule has 0 fully saturated rings. The van der Waals surface area contributed by atoms with Gasteiger partial charge in [-0.3, -0.25) is 9.59 Å². The van der Waals surface area contributed by atoms with E-state index in [2.05, 4.69) is 17.4 Å². The van der Waals surface area contributed by atoms with Crippen molar-refractivity contribution in [3.05, 3.63) is 35.4 Å².